The van der Waals surface area contributed by atoms with Gasteiger partial charge >= 0.3 is 0 Å². The molecule has 1 aromatic heterocycles. The zero-order valence-corrected chi connectivity index (χ0v) is 17.6. The molecule has 0 spiro atoms. The summed E-state index contributed by atoms with van der Waals surface area (Å²) in [5, 5.41) is 11.4. The molecule has 0 amide bonds. The number of halogens is 1. The fourth-order valence-electron chi connectivity index (χ4n) is 2.94. The van der Waals surface area contributed by atoms with Gasteiger partial charge in [0.15, 0.2) is 5.96 Å². The van der Waals surface area contributed by atoms with Crippen molar-refractivity contribution in [1.82, 2.24) is 20.4 Å². The lowest BCUT2D eigenvalue weighted by molar-refractivity contribution is 0.683. The van der Waals surface area contributed by atoms with Crippen LogP contribution < -0.4 is 10.6 Å². The van der Waals surface area contributed by atoms with Gasteiger partial charge in [0.2, 0.25) is 0 Å². The number of aliphatic imine (C=N–C) groups is 1. The number of aromatic nitrogens is 2. The summed E-state index contributed by atoms with van der Waals surface area (Å²) < 4.78 is 2.01. The van der Waals surface area contributed by atoms with E-state index < -0.39 is 0 Å². The maximum atomic E-state index is 4.61. The van der Waals surface area contributed by atoms with Crippen LogP contribution >= 0.6 is 24.0 Å². The van der Waals surface area contributed by atoms with Crippen LogP contribution in [-0.2, 0) is 6.54 Å². The van der Waals surface area contributed by atoms with Crippen LogP contribution in [0.5, 0.6) is 0 Å². The first-order valence-corrected chi connectivity index (χ1v) is 8.73. The summed E-state index contributed by atoms with van der Waals surface area (Å²) in [7, 11) is 1.82. The first-order valence-electron chi connectivity index (χ1n) is 8.73. The van der Waals surface area contributed by atoms with E-state index in [1.807, 2.05) is 18.7 Å². The van der Waals surface area contributed by atoms with Crippen LogP contribution in [0.1, 0.15) is 36.2 Å². The van der Waals surface area contributed by atoms with Gasteiger partial charge in [0.05, 0.1) is 11.4 Å². The molecular weight excluding hydrogens is 425 g/mol. The topological polar surface area (TPSA) is 54.2 Å². The monoisotopic (exact) mass is 453 g/mol. The maximum absolute atomic E-state index is 4.61. The molecule has 1 aromatic carbocycles. The maximum Gasteiger partial charge on any atom is 0.191 e. The lowest BCUT2D eigenvalue weighted by Crippen LogP contribution is -2.37. The van der Waals surface area contributed by atoms with Gasteiger partial charge < -0.3 is 10.6 Å². The molecule has 6 heteroatoms. The van der Waals surface area contributed by atoms with E-state index in [0.717, 1.165) is 42.0 Å². The number of benzene rings is 1. The Morgan fingerprint density at radius 1 is 1.24 bits per heavy atom. The van der Waals surface area contributed by atoms with Gasteiger partial charge in [0.1, 0.15) is 0 Å². The van der Waals surface area contributed by atoms with Crippen molar-refractivity contribution in [2.45, 2.75) is 39.7 Å². The molecule has 1 aliphatic carbocycles. The smallest absolute Gasteiger partial charge is 0.191 e. The van der Waals surface area contributed by atoms with Crippen molar-refractivity contribution in [2.75, 3.05) is 13.6 Å². The fraction of sp³-hybridized carbons (Fsp3) is 0.474. The Balaban J connectivity index is 0.00000225. The second-order valence-corrected chi connectivity index (χ2v) is 6.55. The van der Waals surface area contributed by atoms with Crippen molar-refractivity contribution in [3.63, 3.8) is 0 Å². The van der Waals surface area contributed by atoms with E-state index in [-0.39, 0.29) is 24.0 Å². The van der Waals surface area contributed by atoms with E-state index in [9.17, 15) is 0 Å². The second-order valence-electron chi connectivity index (χ2n) is 6.55. The van der Waals surface area contributed by atoms with Crippen LogP contribution in [0.15, 0.2) is 35.3 Å². The molecule has 0 unspecified atom stereocenters. The molecule has 0 bridgehead atoms. The standard InChI is InChI=1S/C19H27N5.HI/c1-14-12-15(2)24(23-14)18-7-5-4-6-17(18)13-22-19(20-3)21-11-10-16-8-9-16;/h4-7,12,16H,8-11,13H2,1-3H3,(H2,20,21,22);1H. The van der Waals surface area contributed by atoms with E-state index in [1.54, 1.807) is 0 Å². The van der Waals surface area contributed by atoms with E-state index in [2.05, 4.69) is 58.0 Å². The summed E-state index contributed by atoms with van der Waals surface area (Å²) in [5.74, 6) is 1.79. The average Bonchev–Trinajstić information content (AvgIpc) is 3.34. The Kier molecular flexibility index (Phi) is 7.28. The summed E-state index contributed by atoms with van der Waals surface area (Å²) in [4.78, 5) is 4.32. The molecule has 0 radical (unpaired) electrons. The van der Waals surface area contributed by atoms with Gasteiger partial charge in [-0.05, 0) is 43.9 Å². The van der Waals surface area contributed by atoms with Gasteiger partial charge in [-0.2, -0.15) is 5.10 Å². The van der Waals surface area contributed by atoms with Crippen molar-refractivity contribution in [3.8, 4) is 5.69 Å². The third-order valence-electron chi connectivity index (χ3n) is 4.44. The van der Waals surface area contributed by atoms with Gasteiger partial charge in [0.25, 0.3) is 0 Å². The van der Waals surface area contributed by atoms with Crippen molar-refractivity contribution in [3.05, 3.63) is 47.3 Å². The Morgan fingerprint density at radius 3 is 2.64 bits per heavy atom. The van der Waals surface area contributed by atoms with Crippen LogP contribution in [0.2, 0.25) is 0 Å². The number of rotatable bonds is 6. The number of nitrogens with one attached hydrogen (secondary N) is 2. The van der Waals surface area contributed by atoms with Crippen LogP contribution in [0.3, 0.4) is 0 Å². The summed E-state index contributed by atoms with van der Waals surface area (Å²) in [5.41, 5.74) is 4.50. The molecular formula is C19H28IN5. The summed E-state index contributed by atoms with van der Waals surface area (Å²) in [6.07, 6.45) is 4.02. The van der Waals surface area contributed by atoms with E-state index in [1.165, 1.54) is 24.8 Å². The predicted molar refractivity (Wildman–Crippen MR) is 114 cm³/mol. The second kappa shape index (κ2) is 9.22. The first kappa shape index (κ1) is 19.8. The Morgan fingerprint density at radius 2 is 2.00 bits per heavy atom. The molecule has 0 aliphatic heterocycles. The summed E-state index contributed by atoms with van der Waals surface area (Å²) in [6, 6.07) is 10.5. The molecule has 0 atom stereocenters. The first-order chi connectivity index (χ1) is 11.7. The largest absolute Gasteiger partial charge is 0.356 e. The van der Waals surface area contributed by atoms with Gasteiger partial charge in [-0.15, -0.1) is 24.0 Å². The van der Waals surface area contributed by atoms with E-state index in [0.29, 0.717) is 0 Å². The minimum atomic E-state index is 0. The molecule has 1 fully saturated rings. The number of hydrogen-bond donors (Lipinski definition) is 2. The van der Waals surface area contributed by atoms with Gasteiger partial charge in [0, 0.05) is 25.8 Å². The van der Waals surface area contributed by atoms with Gasteiger partial charge in [-0.25, -0.2) is 4.68 Å². The molecule has 136 valence electrons. The van der Waals surface area contributed by atoms with Crippen LogP contribution in [0.4, 0.5) is 0 Å². The predicted octanol–water partition coefficient (Wildman–Crippen LogP) is 3.57. The van der Waals surface area contributed by atoms with Gasteiger partial charge in [-0.1, -0.05) is 31.0 Å². The van der Waals surface area contributed by atoms with Crippen molar-refractivity contribution < 1.29 is 0 Å². The minimum Gasteiger partial charge on any atom is -0.356 e. The van der Waals surface area contributed by atoms with Gasteiger partial charge in [-0.3, -0.25) is 4.99 Å². The van der Waals surface area contributed by atoms with Crippen molar-refractivity contribution >= 4 is 29.9 Å². The summed E-state index contributed by atoms with van der Waals surface area (Å²) >= 11 is 0. The van der Waals surface area contributed by atoms with Crippen molar-refractivity contribution in [1.29, 1.82) is 0 Å². The summed E-state index contributed by atoms with van der Waals surface area (Å²) in [6.45, 7) is 5.82. The van der Waals surface area contributed by atoms with E-state index in [4.69, 9.17) is 0 Å². The quantitative estimate of drug-likeness (QED) is 0.400. The Hall–Kier alpha value is -1.57. The fourth-order valence-corrected chi connectivity index (χ4v) is 2.94. The molecule has 1 aliphatic rings. The highest BCUT2D eigenvalue weighted by Crippen LogP contribution is 2.31. The van der Waals surface area contributed by atoms with Crippen molar-refractivity contribution in [2.24, 2.45) is 10.9 Å². The number of hydrogen-bond acceptors (Lipinski definition) is 2. The molecule has 5 nitrogen and oxygen atoms in total. The zero-order valence-electron chi connectivity index (χ0n) is 15.2. The third-order valence-corrected chi connectivity index (χ3v) is 4.44. The number of para-hydroxylation sites is 1. The molecule has 3 rings (SSSR count). The molecule has 1 saturated carbocycles. The average molecular weight is 453 g/mol. The van der Waals surface area contributed by atoms with Crippen LogP contribution in [0.25, 0.3) is 5.69 Å². The third kappa shape index (κ3) is 5.45. The molecule has 1 heterocycles. The van der Waals surface area contributed by atoms with Crippen LogP contribution in [-0.4, -0.2) is 29.3 Å². The van der Waals surface area contributed by atoms with E-state index >= 15 is 0 Å². The Labute approximate surface area is 167 Å². The van der Waals surface area contributed by atoms with Crippen LogP contribution in [0, 0.1) is 19.8 Å². The SMILES string of the molecule is CN=C(NCCC1CC1)NCc1ccccc1-n1nc(C)cc1C.I. The zero-order chi connectivity index (χ0) is 16.9. The molecule has 2 N–H and O–H groups in total. The highest BCUT2D eigenvalue weighted by molar-refractivity contribution is 14.0. The lowest BCUT2D eigenvalue weighted by atomic mass is 10.1. The molecule has 2 aromatic rings. The normalized spacial score (nSPS) is 14.1. The number of aryl methyl sites for hydroxylation is 2. The molecule has 25 heavy (non-hydrogen) atoms. The number of nitrogens with zero attached hydrogens (tertiary/aromatic N) is 3. The number of guanidine groups is 1. The Bertz CT molecular complexity index is 718. The lowest BCUT2D eigenvalue weighted by Gasteiger charge is -2.15. The molecule has 0 saturated heterocycles. The highest BCUT2D eigenvalue weighted by atomic mass is 127. The minimum absolute atomic E-state index is 0. The highest BCUT2D eigenvalue weighted by Gasteiger charge is 2.20.